The van der Waals surface area contributed by atoms with Crippen LogP contribution in [0.15, 0.2) is 94.1 Å². The maximum Gasteiger partial charge on any atom is 0.146 e. The number of hydrogen-bond acceptors (Lipinski definition) is 6. The number of aromatic nitrogens is 4. The topological polar surface area (TPSA) is 98.2 Å². The van der Waals surface area contributed by atoms with Gasteiger partial charge in [0.25, 0.3) is 0 Å². The van der Waals surface area contributed by atoms with Crippen molar-refractivity contribution in [2.45, 2.75) is 32.1 Å². The summed E-state index contributed by atoms with van der Waals surface area (Å²) in [5.41, 5.74) is 4.26. The second-order valence-electron chi connectivity index (χ2n) is 10.6. The first kappa shape index (κ1) is 26.5. The normalized spacial score (nSPS) is 12.9. The van der Waals surface area contributed by atoms with E-state index >= 15 is 0 Å². The molecule has 0 spiro atoms. The Bertz CT molecular complexity index is 1940. The van der Waals surface area contributed by atoms with Gasteiger partial charge in [-0.15, -0.1) is 0 Å². The van der Waals surface area contributed by atoms with Crippen molar-refractivity contribution in [2.24, 2.45) is 4.40 Å². The molecule has 0 radical (unpaired) electrons. The van der Waals surface area contributed by atoms with Crippen molar-refractivity contribution in [3.05, 3.63) is 102 Å². The Labute approximate surface area is 238 Å². The minimum atomic E-state index is -1.37. The van der Waals surface area contributed by atoms with Gasteiger partial charge in [0.1, 0.15) is 40.5 Å². The molecule has 0 aliphatic rings. The number of rotatable bonds is 7. The summed E-state index contributed by atoms with van der Waals surface area (Å²) in [6.45, 7) is 6.09. The minimum Gasteiger partial charge on any atom is -0.455 e. The summed E-state index contributed by atoms with van der Waals surface area (Å²) < 4.78 is 37.4. The summed E-state index contributed by atoms with van der Waals surface area (Å²) in [5, 5.41) is 9.69. The summed E-state index contributed by atoms with van der Waals surface area (Å²) in [6.07, 6.45) is 4.82. The van der Waals surface area contributed by atoms with Gasteiger partial charge in [-0.2, -0.15) is 9.50 Å². The van der Waals surface area contributed by atoms with Gasteiger partial charge in [0, 0.05) is 22.0 Å². The molecule has 0 saturated heterocycles. The van der Waals surface area contributed by atoms with Crippen molar-refractivity contribution in [2.75, 3.05) is 5.32 Å². The lowest BCUT2D eigenvalue weighted by molar-refractivity contribution is 0.575. The highest BCUT2D eigenvalue weighted by Crippen LogP contribution is 2.30. The first-order chi connectivity index (χ1) is 19.7. The maximum atomic E-state index is 13.6. The van der Waals surface area contributed by atoms with Crippen LogP contribution >= 0.6 is 0 Å². The molecule has 1 N–H and O–H groups in total. The third-order valence-electron chi connectivity index (χ3n) is 6.47. The third kappa shape index (κ3) is 5.78. The van der Waals surface area contributed by atoms with Gasteiger partial charge in [-0.3, -0.25) is 4.68 Å². The van der Waals surface area contributed by atoms with Crippen molar-refractivity contribution < 1.29 is 13.0 Å². The Hall–Kier alpha value is -4.70. The highest BCUT2D eigenvalue weighted by Gasteiger charge is 2.18. The van der Waals surface area contributed by atoms with Crippen molar-refractivity contribution in [1.29, 1.82) is 0 Å². The lowest BCUT2D eigenvalue weighted by atomic mass is 10.1. The van der Waals surface area contributed by atoms with E-state index in [4.69, 9.17) is 4.42 Å². The molecule has 3 aromatic carbocycles. The molecule has 0 amide bonds. The Balaban J connectivity index is 1.25. The van der Waals surface area contributed by atoms with Gasteiger partial charge >= 0.3 is 0 Å². The van der Waals surface area contributed by atoms with E-state index in [1.807, 2.05) is 74.0 Å². The van der Waals surface area contributed by atoms with Crippen LogP contribution in [0.5, 0.6) is 0 Å². The molecule has 0 aliphatic carbocycles. The average Bonchev–Trinajstić information content (AvgIpc) is 3.58. The average molecular weight is 567 g/mol. The molecule has 3 heterocycles. The summed E-state index contributed by atoms with van der Waals surface area (Å²) in [5.74, 6) is 1.56. The fraction of sp³-hybridized carbons (Fsp3) is 0.161. The molecule has 0 aliphatic heterocycles. The number of anilines is 2. The second kappa shape index (κ2) is 10.7. The molecule has 1 unspecified atom stereocenters. The Morgan fingerprint density at radius 1 is 1.05 bits per heavy atom. The number of hydrogen-bond donors (Lipinski definition) is 1. The lowest BCUT2D eigenvalue weighted by Gasteiger charge is -2.12. The predicted octanol–water partition coefficient (Wildman–Crippen LogP) is 7.05. The molecule has 10 heteroatoms. The SMILES string of the molecule is CC(C)(C)S(=O)N=Cc1ccc(-c2ccc3ncnc(Nc4ccc5c(cnn5Cc5cccc(F)c5)c4)c3c2)o1. The van der Waals surface area contributed by atoms with Crippen LogP contribution in [0.4, 0.5) is 15.9 Å². The molecule has 6 rings (SSSR count). The summed E-state index contributed by atoms with van der Waals surface area (Å²) in [7, 11) is -1.37. The number of nitrogens with one attached hydrogen (secondary N) is 1. The van der Waals surface area contributed by atoms with Crippen LogP contribution < -0.4 is 5.32 Å². The molecule has 3 aromatic heterocycles. The van der Waals surface area contributed by atoms with Gasteiger partial charge in [-0.05, 0) is 87.0 Å². The highest BCUT2D eigenvalue weighted by atomic mass is 32.2. The molecular formula is C31H27FN6O2S. The predicted molar refractivity (Wildman–Crippen MR) is 161 cm³/mol. The fourth-order valence-electron chi connectivity index (χ4n) is 4.38. The first-order valence-corrected chi connectivity index (χ1v) is 14.1. The molecule has 206 valence electrons. The van der Waals surface area contributed by atoms with Gasteiger partial charge in [0.15, 0.2) is 0 Å². The van der Waals surface area contributed by atoms with E-state index in [-0.39, 0.29) is 5.82 Å². The van der Waals surface area contributed by atoms with Crippen LogP contribution in [0.3, 0.4) is 0 Å². The van der Waals surface area contributed by atoms with Crippen LogP contribution in [0.25, 0.3) is 33.1 Å². The van der Waals surface area contributed by atoms with Crippen LogP contribution in [-0.4, -0.2) is 34.9 Å². The summed E-state index contributed by atoms with van der Waals surface area (Å²) in [6, 6.07) is 22.0. The largest absolute Gasteiger partial charge is 0.455 e. The number of fused-ring (bicyclic) bond motifs is 2. The van der Waals surface area contributed by atoms with E-state index in [1.54, 1.807) is 18.3 Å². The molecule has 6 aromatic rings. The van der Waals surface area contributed by atoms with Gasteiger partial charge < -0.3 is 9.73 Å². The quantitative estimate of drug-likeness (QED) is 0.208. The van der Waals surface area contributed by atoms with Crippen molar-refractivity contribution in [3.63, 3.8) is 0 Å². The third-order valence-corrected chi connectivity index (χ3v) is 7.82. The number of nitrogens with zero attached hydrogens (tertiary/aromatic N) is 5. The Morgan fingerprint density at radius 2 is 1.93 bits per heavy atom. The van der Waals surface area contributed by atoms with Crippen LogP contribution in [0.1, 0.15) is 32.1 Å². The first-order valence-electron chi connectivity index (χ1n) is 13.0. The lowest BCUT2D eigenvalue weighted by Crippen LogP contribution is -2.19. The second-order valence-corrected chi connectivity index (χ2v) is 12.5. The number of furan rings is 1. The Kier molecular flexibility index (Phi) is 6.92. The van der Waals surface area contributed by atoms with Crippen LogP contribution in [-0.2, 0) is 17.5 Å². The fourth-order valence-corrected chi connectivity index (χ4v) is 4.90. The Morgan fingerprint density at radius 3 is 2.76 bits per heavy atom. The molecule has 0 fully saturated rings. The monoisotopic (exact) mass is 566 g/mol. The minimum absolute atomic E-state index is 0.263. The number of benzene rings is 3. The van der Waals surface area contributed by atoms with E-state index in [1.165, 1.54) is 24.7 Å². The standard InChI is InChI=1S/C31H27FN6O2S/c1-31(2,3)41(39)36-17-25-9-12-29(40-25)21-7-10-27-26(15-21)30(34-19-33-27)37-24-8-11-28-22(14-24)16-35-38(28)18-20-5-4-6-23(32)13-20/h4-17,19H,18H2,1-3H3,(H,33,34,37). The zero-order chi connectivity index (χ0) is 28.6. The zero-order valence-electron chi connectivity index (χ0n) is 22.7. The molecular weight excluding hydrogens is 539 g/mol. The van der Waals surface area contributed by atoms with E-state index in [0.29, 0.717) is 23.9 Å². The smallest absolute Gasteiger partial charge is 0.146 e. The van der Waals surface area contributed by atoms with Crippen molar-refractivity contribution in [3.8, 4) is 11.3 Å². The molecule has 0 bridgehead atoms. The van der Waals surface area contributed by atoms with Crippen LogP contribution in [0, 0.1) is 5.82 Å². The van der Waals surface area contributed by atoms with E-state index in [9.17, 15) is 8.60 Å². The van der Waals surface area contributed by atoms with Gasteiger partial charge in [0.05, 0.1) is 34.7 Å². The van der Waals surface area contributed by atoms with E-state index in [2.05, 4.69) is 24.8 Å². The van der Waals surface area contributed by atoms with Crippen LogP contribution in [0.2, 0.25) is 0 Å². The summed E-state index contributed by atoms with van der Waals surface area (Å²) in [4.78, 5) is 8.92. The van der Waals surface area contributed by atoms with E-state index < -0.39 is 15.7 Å². The highest BCUT2D eigenvalue weighted by molar-refractivity contribution is 7.85. The van der Waals surface area contributed by atoms with Gasteiger partial charge in [-0.1, -0.05) is 12.1 Å². The summed E-state index contributed by atoms with van der Waals surface area (Å²) >= 11 is 0. The zero-order valence-corrected chi connectivity index (χ0v) is 23.5. The molecule has 8 nitrogen and oxygen atoms in total. The number of halogens is 1. The molecule has 0 saturated carbocycles. The molecule has 1 atom stereocenters. The maximum absolute atomic E-state index is 13.6. The van der Waals surface area contributed by atoms with Gasteiger partial charge in [0.2, 0.25) is 0 Å². The van der Waals surface area contributed by atoms with Crippen molar-refractivity contribution >= 4 is 50.5 Å². The van der Waals surface area contributed by atoms with Gasteiger partial charge in [-0.25, -0.2) is 18.6 Å². The molecule has 41 heavy (non-hydrogen) atoms. The van der Waals surface area contributed by atoms with E-state index in [0.717, 1.165) is 38.6 Å². The van der Waals surface area contributed by atoms with Crippen molar-refractivity contribution in [1.82, 2.24) is 19.7 Å².